The van der Waals surface area contributed by atoms with Crippen molar-refractivity contribution in [2.45, 2.75) is 45.3 Å². The van der Waals surface area contributed by atoms with Crippen LogP contribution in [-0.2, 0) is 6.54 Å². The number of phenolic OH excluding ortho intramolecular Hbond substituents is 1. The Morgan fingerprint density at radius 3 is 2.63 bits per heavy atom. The number of benzene rings is 1. The van der Waals surface area contributed by atoms with E-state index >= 15 is 0 Å². The number of rotatable bonds is 4. The number of halogens is 1. The van der Waals surface area contributed by atoms with Gasteiger partial charge in [-0.15, -0.1) is 0 Å². The molecule has 19 heavy (non-hydrogen) atoms. The first-order chi connectivity index (χ1) is 9.08. The summed E-state index contributed by atoms with van der Waals surface area (Å²) >= 11 is 6.10. The minimum Gasteiger partial charge on any atom is -0.508 e. The van der Waals surface area contributed by atoms with Crippen LogP contribution in [0.5, 0.6) is 5.75 Å². The molecule has 0 spiro atoms. The standard InChI is InChI=1S/C15H23ClN2O/c1-11(2)18-8-6-12(7-9-18)17-10-13-14(16)4-3-5-15(13)19/h3-5,11-12,17,19H,6-10H2,1-2H3. The molecule has 1 aliphatic heterocycles. The molecule has 2 N–H and O–H groups in total. The molecule has 1 saturated heterocycles. The highest BCUT2D eigenvalue weighted by Crippen LogP contribution is 2.25. The van der Waals surface area contributed by atoms with Gasteiger partial charge in [0.2, 0.25) is 0 Å². The highest BCUT2D eigenvalue weighted by atomic mass is 35.5. The lowest BCUT2D eigenvalue weighted by Gasteiger charge is -2.35. The summed E-state index contributed by atoms with van der Waals surface area (Å²) in [4.78, 5) is 2.51. The van der Waals surface area contributed by atoms with Gasteiger partial charge in [0.1, 0.15) is 5.75 Å². The van der Waals surface area contributed by atoms with Crippen molar-refractivity contribution in [3.8, 4) is 5.75 Å². The quantitative estimate of drug-likeness (QED) is 0.891. The zero-order valence-electron chi connectivity index (χ0n) is 11.7. The molecule has 0 radical (unpaired) electrons. The van der Waals surface area contributed by atoms with Gasteiger partial charge in [0.05, 0.1) is 0 Å². The Morgan fingerprint density at radius 2 is 2.05 bits per heavy atom. The number of phenols is 1. The topological polar surface area (TPSA) is 35.5 Å². The highest BCUT2D eigenvalue weighted by molar-refractivity contribution is 6.31. The lowest BCUT2D eigenvalue weighted by molar-refractivity contribution is 0.161. The molecule has 3 nitrogen and oxygen atoms in total. The smallest absolute Gasteiger partial charge is 0.121 e. The molecule has 0 atom stereocenters. The third-order valence-corrected chi connectivity index (χ3v) is 4.28. The first-order valence-electron chi connectivity index (χ1n) is 7.01. The molecule has 1 aliphatic rings. The molecule has 2 rings (SSSR count). The van der Waals surface area contributed by atoms with Gasteiger partial charge in [-0.05, 0) is 51.9 Å². The van der Waals surface area contributed by atoms with Crippen LogP contribution in [0.3, 0.4) is 0 Å². The third kappa shape index (κ3) is 3.85. The third-order valence-electron chi connectivity index (χ3n) is 3.92. The van der Waals surface area contributed by atoms with Crippen LogP contribution < -0.4 is 5.32 Å². The van der Waals surface area contributed by atoms with E-state index in [2.05, 4.69) is 24.1 Å². The van der Waals surface area contributed by atoms with Gasteiger partial charge in [0.15, 0.2) is 0 Å². The second-order valence-corrected chi connectivity index (χ2v) is 5.93. The van der Waals surface area contributed by atoms with E-state index < -0.39 is 0 Å². The number of aromatic hydroxyl groups is 1. The molecule has 0 aliphatic carbocycles. The minimum absolute atomic E-state index is 0.277. The molecule has 1 heterocycles. The Hall–Kier alpha value is -0.770. The molecule has 0 aromatic heterocycles. The van der Waals surface area contributed by atoms with E-state index in [0.29, 0.717) is 23.7 Å². The van der Waals surface area contributed by atoms with E-state index in [1.807, 2.05) is 6.07 Å². The van der Waals surface area contributed by atoms with Crippen molar-refractivity contribution in [1.29, 1.82) is 0 Å². The first-order valence-corrected chi connectivity index (χ1v) is 7.39. The van der Waals surface area contributed by atoms with Crippen molar-refractivity contribution in [3.63, 3.8) is 0 Å². The lowest BCUT2D eigenvalue weighted by atomic mass is 10.0. The Bertz CT molecular complexity index is 394. The average Bonchev–Trinajstić information content (AvgIpc) is 2.38. The van der Waals surface area contributed by atoms with Crippen LogP contribution >= 0.6 is 11.6 Å². The summed E-state index contributed by atoms with van der Waals surface area (Å²) in [6, 6.07) is 6.42. The van der Waals surface area contributed by atoms with Gasteiger partial charge < -0.3 is 15.3 Å². The normalized spacial score (nSPS) is 18.1. The van der Waals surface area contributed by atoms with Crippen LogP contribution in [0.15, 0.2) is 18.2 Å². The van der Waals surface area contributed by atoms with Gasteiger partial charge in [-0.3, -0.25) is 0 Å². The van der Waals surface area contributed by atoms with Crippen LogP contribution in [0.4, 0.5) is 0 Å². The summed E-state index contributed by atoms with van der Waals surface area (Å²) < 4.78 is 0. The maximum absolute atomic E-state index is 9.80. The Morgan fingerprint density at radius 1 is 1.37 bits per heavy atom. The molecule has 4 heteroatoms. The Kier molecular flexibility index (Phi) is 5.08. The number of likely N-dealkylation sites (tertiary alicyclic amines) is 1. The summed E-state index contributed by atoms with van der Waals surface area (Å²) in [6.45, 7) is 7.41. The lowest BCUT2D eigenvalue weighted by Crippen LogP contribution is -2.44. The van der Waals surface area contributed by atoms with Gasteiger partial charge in [-0.2, -0.15) is 0 Å². The van der Waals surface area contributed by atoms with Crippen molar-refractivity contribution < 1.29 is 5.11 Å². The predicted octanol–water partition coefficient (Wildman–Crippen LogP) is 3.01. The predicted molar refractivity (Wildman–Crippen MR) is 79.7 cm³/mol. The van der Waals surface area contributed by atoms with Crippen molar-refractivity contribution in [2.75, 3.05) is 13.1 Å². The molecule has 1 aromatic carbocycles. The van der Waals surface area contributed by atoms with E-state index in [9.17, 15) is 5.11 Å². The second-order valence-electron chi connectivity index (χ2n) is 5.52. The van der Waals surface area contributed by atoms with Crippen LogP contribution in [-0.4, -0.2) is 35.2 Å². The monoisotopic (exact) mass is 282 g/mol. The van der Waals surface area contributed by atoms with E-state index in [-0.39, 0.29) is 5.75 Å². The summed E-state index contributed by atoms with van der Waals surface area (Å²) in [5.74, 6) is 0.277. The van der Waals surface area contributed by atoms with Gasteiger partial charge in [-0.1, -0.05) is 17.7 Å². The zero-order valence-corrected chi connectivity index (χ0v) is 12.5. The summed E-state index contributed by atoms with van der Waals surface area (Å²) in [5, 5.41) is 13.9. The fourth-order valence-electron chi connectivity index (χ4n) is 2.59. The fraction of sp³-hybridized carbons (Fsp3) is 0.600. The van der Waals surface area contributed by atoms with E-state index in [0.717, 1.165) is 31.5 Å². The molecular formula is C15H23ClN2O. The largest absolute Gasteiger partial charge is 0.508 e. The highest BCUT2D eigenvalue weighted by Gasteiger charge is 2.20. The van der Waals surface area contributed by atoms with Gasteiger partial charge in [0, 0.05) is 29.2 Å². The number of hydrogen-bond acceptors (Lipinski definition) is 3. The first kappa shape index (κ1) is 14.6. The van der Waals surface area contributed by atoms with Crippen LogP contribution in [0.25, 0.3) is 0 Å². The van der Waals surface area contributed by atoms with E-state index in [1.165, 1.54) is 0 Å². The van der Waals surface area contributed by atoms with Gasteiger partial charge in [0.25, 0.3) is 0 Å². The average molecular weight is 283 g/mol. The molecule has 106 valence electrons. The van der Waals surface area contributed by atoms with Crippen molar-refractivity contribution >= 4 is 11.6 Å². The maximum atomic E-state index is 9.80. The summed E-state index contributed by atoms with van der Waals surface area (Å²) in [5.41, 5.74) is 0.801. The molecule has 0 saturated carbocycles. The van der Waals surface area contributed by atoms with Crippen molar-refractivity contribution in [2.24, 2.45) is 0 Å². The minimum atomic E-state index is 0.277. The van der Waals surface area contributed by atoms with Gasteiger partial charge in [-0.25, -0.2) is 0 Å². The number of hydrogen-bond donors (Lipinski definition) is 2. The molecule has 1 aromatic rings. The maximum Gasteiger partial charge on any atom is 0.121 e. The Labute approximate surface area is 120 Å². The number of nitrogens with one attached hydrogen (secondary N) is 1. The number of nitrogens with zero attached hydrogens (tertiary/aromatic N) is 1. The Balaban J connectivity index is 1.84. The van der Waals surface area contributed by atoms with Gasteiger partial charge >= 0.3 is 0 Å². The molecule has 0 bridgehead atoms. The molecule has 0 unspecified atom stereocenters. The van der Waals surface area contributed by atoms with E-state index in [4.69, 9.17) is 11.6 Å². The molecule has 1 fully saturated rings. The van der Waals surface area contributed by atoms with E-state index in [1.54, 1.807) is 12.1 Å². The molecular weight excluding hydrogens is 260 g/mol. The zero-order chi connectivity index (χ0) is 13.8. The SMILES string of the molecule is CC(C)N1CCC(NCc2c(O)cccc2Cl)CC1. The van der Waals surface area contributed by atoms with Crippen LogP contribution in [0, 0.1) is 0 Å². The van der Waals surface area contributed by atoms with Crippen molar-refractivity contribution in [1.82, 2.24) is 10.2 Å². The number of piperidine rings is 1. The van der Waals surface area contributed by atoms with Crippen LogP contribution in [0.1, 0.15) is 32.3 Å². The summed E-state index contributed by atoms with van der Waals surface area (Å²) in [7, 11) is 0. The van der Waals surface area contributed by atoms with Crippen molar-refractivity contribution in [3.05, 3.63) is 28.8 Å². The molecule has 0 amide bonds. The fourth-order valence-corrected chi connectivity index (χ4v) is 2.83. The summed E-state index contributed by atoms with van der Waals surface area (Å²) in [6.07, 6.45) is 2.31. The second kappa shape index (κ2) is 6.60. The van der Waals surface area contributed by atoms with Crippen LogP contribution in [0.2, 0.25) is 5.02 Å².